The van der Waals surface area contributed by atoms with Gasteiger partial charge in [0.25, 0.3) is 5.91 Å². The van der Waals surface area contributed by atoms with E-state index in [1.165, 1.54) is 0 Å². The molecule has 0 spiro atoms. The molecule has 0 radical (unpaired) electrons. The molecule has 106 valence electrons. The first-order valence-corrected chi connectivity index (χ1v) is 6.22. The van der Waals surface area contributed by atoms with Crippen LogP contribution in [0.3, 0.4) is 0 Å². The quantitative estimate of drug-likeness (QED) is 0.820. The van der Waals surface area contributed by atoms with Gasteiger partial charge in [0.05, 0.1) is 5.69 Å². The summed E-state index contributed by atoms with van der Waals surface area (Å²) < 4.78 is 9.81. The molecule has 0 unspecified atom stereocenters. The molecular weight excluding hydrogens is 248 g/mol. The average Bonchev–Trinajstić information content (AvgIpc) is 2.66. The summed E-state index contributed by atoms with van der Waals surface area (Å²) in [7, 11) is 0. The Hall–Kier alpha value is -1.85. The van der Waals surface area contributed by atoms with E-state index < -0.39 is 5.97 Å². The van der Waals surface area contributed by atoms with Crippen molar-refractivity contribution in [1.82, 2.24) is 10.5 Å². The van der Waals surface area contributed by atoms with Crippen molar-refractivity contribution in [3.05, 3.63) is 17.0 Å². The predicted octanol–water partition coefficient (Wildman–Crippen LogP) is 1.61. The number of carbonyl (C=O) groups excluding carboxylic acids is 2. The molecular formula is C13H20N2O4. The minimum Gasteiger partial charge on any atom is -0.452 e. The zero-order chi connectivity index (χ0) is 14.6. The lowest BCUT2D eigenvalue weighted by Gasteiger charge is -2.17. The zero-order valence-electron chi connectivity index (χ0n) is 11.9. The van der Waals surface area contributed by atoms with Gasteiger partial charge in [0.1, 0.15) is 11.3 Å². The third-order valence-corrected chi connectivity index (χ3v) is 2.96. The molecule has 0 aliphatic carbocycles. The van der Waals surface area contributed by atoms with Gasteiger partial charge < -0.3 is 14.6 Å². The van der Waals surface area contributed by atoms with Gasteiger partial charge >= 0.3 is 5.97 Å². The Labute approximate surface area is 112 Å². The summed E-state index contributed by atoms with van der Waals surface area (Å²) >= 11 is 0. The molecule has 1 aromatic rings. The number of hydrogen-bond acceptors (Lipinski definition) is 5. The molecule has 1 atom stereocenters. The van der Waals surface area contributed by atoms with Crippen LogP contribution in [0.4, 0.5) is 0 Å². The van der Waals surface area contributed by atoms with Crippen molar-refractivity contribution < 1.29 is 18.8 Å². The molecule has 0 saturated carbocycles. The minimum atomic E-state index is -0.594. The standard InChI is InChI=1S/C13H20N2O4/c1-7(2)8(3)14-11(16)6-18-13(17)12-9(4)15-19-10(12)5/h7-8H,6H2,1-5H3,(H,14,16)/t8-/m0/s1. The highest BCUT2D eigenvalue weighted by Crippen LogP contribution is 2.13. The van der Waals surface area contributed by atoms with Gasteiger partial charge in [-0.1, -0.05) is 19.0 Å². The molecule has 19 heavy (non-hydrogen) atoms. The number of rotatable bonds is 5. The highest BCUT2D eigenvalue weighted by atomic mass is 16.5. The molecule has 0 aliphatic heterocycles. The van der Waals surface area contributed by atoms with E-state index in [4.69, 9.17) is 9.26 Å². The van der Waals surface area contributed by atoms with Crippen LogP contribution in [-0.2, 0) is 9.53 Å². The molecule has 1 rings (SSSR count). The van der Waals surface area contributed by atoms with Crippen LogP contribution in [0.1, 0.15) is 42.6 Å². The average molecular weight is 268 g/mol. The van der Waals surface area contributed by atoms with Crippen LogP contribution in [0, 0.1) is 19.8 Å². The number of amides is 1. The van der Waals surface area contributed by atoms with Gasteiger partial charge in [-0.25, -0.2) is 4.79 Å². The third-order valence-electron chi connectivity index (χ3n) is 2.96. The maximum Gasteiger partial charge on any atom is 0.344 e. The van der Waals surface area contributed by atoms with Crippen molar-refractivity contribution in [1.29, 1.82) is 0 Å². The van der Waals surface area contributed by atoms with Crippen LogP contribution in [0.25, 0.3) is 0 Å². The molecule has 1 N–H and O–H groups in total. The first-order chi connectivity index (χ1) is 8.82. The van der Waals surface area contributed by atoms with Gasteiger partial charge in [-0.2, -0.15) is 0 Å². The van der Waals surface area contributed by atoms with E-state index in [1.807, 2.05) is 20.8 Å². The van der Waals surface area contributed by atoms with Crippen LogP contribution >= 0.6 is 0 Å². The van der Waals surface area contributed by atoms with E-state index >= 15 is 0 Å². The fourth-order valence-electron chi connectivity index (χ4n) is 1.44. The Balaban J connectivity index is 2.49. The lowest BCUT2D eigenvalue weighted by molar-refractivity contribution is -0.125. The lowest BCUT2D eigenvalue weighted by Crippen LogP contribution is -2.38. The van der Waals surface area contributed by atoms with Crippen molar-refractivity contribution in [3.8, 4) is 0 Å². The summed E-state index contributed by atoms with van der Waals surface area (Å²) in [4.78, 5) is 23.3. The van der Waals surface area contributed by atoms with Crippen molar-refractivity contribution >= 4 is 11.9 Å². The van der Waals surface area contributed by atoms with Crippen molar-refractivity contribution in [2.45, 2.75) is 40.7 Å². The number of nitrogens with one attached hydrogen (secondary N) is 1. The SMILES string of the molecule is Cc1noc(C)c1C(=O)OCC(=O)N[C@@H](C)C(C)C. The molecule has 0 fully saturated rings. The van der Waals surface area contributed by atoms with E-state index in [0.717, 1.165) is 0 Å². The van der Waals surface area contributed by atoms with Gasteiger partial charge in [0, 0.05) is 6.04 Å². The van der Waals surface area contributed by atoms with Gasteiger partial charge in [-0.15, -0.1) is 0 Å². The Bertz CT molecular complexity index is 446. The summed E-state index contributed by atoms with van der Waals surface area (Å²) in [6.07, 6.45) is 0. The van der Waals surface area contributed by atoms with Crippen LogP contribution in [-0.4, -0.2) is 29.7 Å². The predicted molar refractivity (Wildman–Crippen MR) is 68.7 cm³/mol. The summed E-state index contributed by atoms with van der Waals surface area (Å²) in [5.74, 6) is -0.203. The molecule has 6 nitrogen and oxygen atoms in total. The van der Waals surface area contributed by atoms with Crippen LogP contribution in [0.2, 0.25) is 0 Å². The number of aromatic nitrogens is 1. The normalized spacial score (nSPS) is 12.3. The fourth-order valence-corrected chi connectivity index (χ4v) is 1.44. The number of hydrogen-bond donors (Lipinski definition) is 1. The monoisotopic (exact) mass is 268 g/mol. The Morgan fingerprint density at radius 1 is 1.32 bits per heavy atom. The first kappa shape index (κ1) is 15.2. The van der Waals surface area contributed by atoms with Crippen molar-refractivity contribution in [2.75, 3.05) is 6.61 Å². The van der Waals surface area contributed by atoms with Gasteiger partial charge in [0.2, 0.25) is 0 Å². The molecule has 0 bridgehead atoms. The van der Waals surface area contributed by atoms with Gasteiger partial charge in [0.15, 0.2) is 6.61 Å². The van der Waals surface area contributed by atoms with E-state index in [1.54, 1.807) is 13.8 Å². The minimum absolute atomic E-state index is 0.0327. The fraction of sp³-hybridized carbons (Fsp3) is 0.615. The number of nitrogens with zero attached hydrogens (tertiary/aromatic N) is 1. The van der Waals surface area contributed by atoms with Crippen molar-refractivity contribution in [3.63, 3.8) is 0 Å². The molecule has 0 saturated heterocycles. The number of esters is 1. The molecule has 1 aromatic heterocycles. The Morgan fingerprint density at radius 2 is 1.95 bits per heavy atom. The summed E-state index contributed by atoms with van der Waals surface area (Å²) in [6.45, 7) is 8.87. The second-order valence-corrected chi connectivity index (χ2v) is 4.88. The number of carbonyl (C=O) groups is 2. The number of aryl methyl sites for hydroxylation is 2. The second kappa shape index (κ2) is 6.36. The maximum absolute atomic E-state index is 11.8. The highest BCUT2D eigenvalue weighted by Gasteiger charge is 2.20. The third kappa shape index (κ3) is 4.08. The van der Waals surface area contributed by atoms with E-state index in [0.29, 0.717) is 17.4 Å². The molecule has 1 heterocycles. The summed E-state index contributed by atoms with van der Waals surface area (Å²) in [5, 5.41) is 6.41. The molecule has 0 aromatic carbocycles. The Kier molecular flexibility index (Phi) is 5.09. The second-order valence-electron chi connectivity index (χ2n) is 4.88. The molecule has 1 amide bonds. The summed E-state index contributed by atoms with van der Waals surface area (Å²) in [6, 6.07) is 0.0327. The maximum atomic E-state index is 11.8. The highest BCUT2D eigenvalue weighted by molar-refractivity contribution is 5.93. The van der Waals surface area contributed by atoms with Crippen LogP contribution in [0.15, 0.2) is 4.52 Å². The topological polar surface area (TPSA) is 81.4 Å². The molecule has 6 heteroatoms. The van der Waals surface area contributed by atoms with E-state index in [-0.39, 0.29) is 24.1 Å². The van der Waals surface area contributed by atoms with Gasteiger partial charge in [-0.3, -0.25) is 4.79 Å². The van der Waals surface area contributed by atoms with Gasteiger partial charge in [-0.05, 0) is 26.7 Å². The van der Waals surface area contributed by atoms with E-state index in [9.17, 15) is 9.59 Å². The van der Waals surface area contributed by atoms with Crippen LogP contribution < -0.4 is 5.32 Å². The molecule has 0 aliphatic rings. The zero-order valence-corrected chi connectivity index (χ0v) is 11.9. The lowest BCUT2D eigenvalue weighted by atomic mass is 10.1. The summed E-state index contributed by atoms with van der Waals surface area (Å²) in [5.41, 5.74) is 0.739. The smallest absolute Gasteiger partial charge is 0.344 e. The van der Waals surface area contributed by atoms with Crippen LogP contribution in [0.5, 0.6) is 0 Å². The first-order valence-electron chi connectivity index (χ1n) is 6.22. The van der Waals surface area contributed by atoms with Crippen molar-refractivity contribution in [2.24, 2.45) is 5.92 Å². The Morgan fingerprint density at radius 3 is 2.42 bits per heavy atom. The van der Waals surface area contributed by atoms with E-state index in [2.05, 4.69) is 10.5 Å². The number of ether oxygens (including phenoxy) is 1. The largest absolute Gasteiger partial charge is 0.452 e.